The number of piperazine rings is 1. The quantitative estimate of drug-likeness (QED) is 0.783. The van der Waals surface area contributed by atoms with Crippen molar-refractivity contribution < 1.29 is 4.79 Å². The lowest BCUT2D eigenvalue weighted by Gasteiger charge is -2.27. The maximum Gasteiger partial charge on any atom is 0.252 e. The minimum atomic E-state index is -0.132. The molecule has 0 aliphatic carbocycles. The molecule has 0 saturated carbocycles. The van der Waals surface area contributed by atoms with Crippen LogP contribution in [0.25, 0.3) is 0 Å². The first-order chi connectivity index (χ1) is 9.27. The van der Waals surface area contributed by atoms with E-state index in [-0.39, 0.29) is 5.91 Å². The Morgan fingerprint density at radius 3 is 3.00 bits per heavy atom. The van der Waals surface area contributed by atoms with Gasteiger partial charge in [0.15, 0.2) is 0 Å². The number of halogens is 1. The van der Waals surface area contributed by atoms with Crippen LogP contribution in [0.15, 0.2) is 18.5 Å². The van der Waals surface area contributed by atoms with E-state index in [1.807, 2.05) is 0 Å². The Kier molecular flexibility index (Phi) is 5.57. The molecule has 1 aromatic heterocycles. The zero-order chi connectivity index (χ0) is 13.5. The van der Waals surface area contributed by atoms with E-state index < -0.39 is 0 Å². The molecule has 0 bridgehead atoms. The standard InChI is InChI=1S/C13H19ClN4O/c14-12-10-16-4-2-11(12)13(19)17-3-1-7-18-8-5-15-6-9-18/h2,4,10,15H,1,3,5-9H2,(H,17,19). The molecule has 2 heterocycles. The second kappa shape index (κ2) is 7.43. The number of nitrogens with zero attached hydrogens (tertiary/aromatic N) is 2. The lowest BCUT2D eigenvalue weighted by molar-refractivity contribution is 0.0951. The molecular weight excluding hydrogens is 264 g/mol. The maximum absolute atomic E-state index is 11.9. The molecule has 1 amide bonds. The fourth-order valence-corrected chi connectivity index (χ4v) is 2.30. The van der Waals surface area contributed by atoms with Crippen molar-refractivity contribution in [2.45, 2.75) is 6.42 Å². The molecule has 2 rings (SSSR count). The van der Waals surface area contributed by atoms with Crippen molar-refractivity contribution in [3.63, 3.8) is 0 Å². The number of amides is 1. The summed E-state index contributed by atoms with van der Waals surface area (Å²) in [4.78, 5) is 18.1. The van der Waals surface area contributed by atoms with Gasteiger partial charge in [-0.2, -0.15) is 0 Å². The molecule has 0 unspecified atom stereocenters. The van der Waals surface area contributed by atoms with E-state index in [2.05, 4.69) is 20.5 Å². The minimum absolute atomic E-state index is 0.132. The van der Waals surface area contributed by atoms with Gasteiger partial charge < -0.3 is 15.5 Å². The van der Waals surface area contributed by atoms with Crippen LogP contribution < -0.4 is 10.6 Å². The molecular formula is C13H19ClN4O. The predicted molar refractivity (Wildman–Crippen MR) is 75.5 cm³/mol. The highest BCUT2D eigenvalue weighted by atomic mass is 35.5. The van der Waals surface area contributed by atoms with E-state index in [0.29, 0.717) is 17.1 Å². The first-order valence-electron chi connectivity index (χ1n) is 6.58. The van der Waals surface area contributed by atoms with Crippen molar-refractivity contribution >= 4 is 17.5 Å². The summed E-state index contributed by atoms with van der Waals surface area (Å²) in [5.74, 6) is -0.132. The third-order valence-electron chi connectivity index (χ3n) is 3.16. The summed E-state index contributed by atoms with van der Waals surface area (Å²) in [7, 11) is 0. The van der Waals surface area contributed by atoms with Gasteiger partial charge in [-0.05, 0) is 19.0 Å². The van der Waals surface area contributed by atoms with Crippen molar-refractivity contribution in [2.24, 2.45) is 0 Å². The highest BCUT2D eigenvalue weighted by Gasteiger charge is 2.11. The van der Waals surface area contributed by atoms with Crippen molar-refractivity contribution in [3.05, 3.63) is 29.0 Å². The Morgan fingerprint density at radius 1 is 1.47 bits per heavy atom. The summed E-state index contributed by atoms with van der Waals surface area (Å²) in [6.45, 7) is 5.97. The predicted octanol–water partition coefficient (Wildman–Crippen LogP) is 0.760. The van der Waals surface area contributed by atoms with E-state index in [0.717, 1.165) is 39.1 Å². The largest absolute Gasteiger partial charge is 0.352 e. The molecule has 1 aliphatic heterocycles. The summed E-state index contributed by atoms with van der Waals surface area (Å²) in [6.07, 6.45) is 4.01. The zero-order valence-electron chi connectivity index (χ0n) is 10.9. The van der Waals surface area contributed by atoms with Crippen LogP contribution in [0.1, 0.15) is 16.8 Å². The van der Waals surface area contributed by atoms with Gasteiger partial charge in [-0.15, -0.1) is 0 Å². The van der Waals surface area contributed by atoms with Gasteiger partial charge in [0.2, 0.25) is 0 Å². The number of hydrogen-bond donors (Lipinski definition) is 2. The molecule has 0 aromatic carbocycles. The first-order valence-corrected chi connectivity index (χ1v) is 6.96. The highest BCUT2D eigenvalue weighted by Crippen LogP contribution is 2.12. The van der Waals surface area contributed by atoms with Crippen LogP contribution >= 0.6 is 11.6 Å². The number of carbonyl (C=O) groups is 1. The van der Waals surface area contributed by atoms with Crippen LogP contribution in [0.5, 0.6) is 0 Å². The lowest BCUT2D eigenvalue weighted by atomic mass is 10.2. The molecule has 1 aromatic rings. The van der Waals surface area contributed by atoms with Crippen LogP contribution in [0.3, 0.4) is 0 Å². The first kappa shape index (κ1) is 14.2. The molecule has 0 radical (unpaired) electrons. The smallest absolute Gasteiger partial charge is 0.252 e. The lowest BCUT2D eigenvalue weighted by Crippen LogP contribution is -2.44. The Bertz CT molecular complexity index is 421. The van der Waals surface area contributed by atoms with Gasteiger partial charge in [0.1, 0.15) is 0 Å². The molecule has 1 saturated heterocycles. The Labute approximate surface area is 118 Å². The monoisotopic (exact) mass is 282 g/mol. The van der Waals surface area contributed by atoms with E-state index in [4.69, 9.17) is 11.6 Å². The van der Waals surface area contributed by atoms with Crippen molar-refractivity contribution in [2.75, 3.05) is 39.3 Å². The van der Waals surface area contributed by atoms with Gasteiger partial charge in [0.05, 0.1) is 10.6 Å². The minimum Gasteiger partial charge on any atom is -0.352 e. The Hall–Kier alpha value is -1.17. The third kappa shape index (κ3) is 4.45. The molecule has 1 fully saturated rings. The number of hydrogen-bond acceptors (Lipinski definition) is 4. The third-order valence-corrected chi connectivity index (χ3v) is 3.46. The van der Waals surface area contributed by atoms with Crippen LogP contribution in [0.4, 0.5) is 0 Å². The van der Waals surface area contributed by atoms with Gasteiger partial charge in [-0.25, -0.2) is 0 Å². The van der Waals surface area contributed by atoms with Gasteiger partial charge in [-0.3, -0.25) is 9.78 Å². The number of aromatic nitrogens is 1. The normalized spacial score (nSPS) is 16.3. The summed E-state index contributed by atoms with van der Waals surface area (Å²) in [5.41, 5.74) is 0.485. The van der Waals surface area contributed by atoms with Crippen LogP contribution in [-0.4, -0.2) is 55.1 Å². The summed E-state index contributed by atoms with van der Waals surface area (Å²) < 4.78 is 0. The summed E-state index contributed by atoms with van der Waals surface area (Å²) >= 11 is 5.92. The molecule has 0 spiro atoms. The highest BCUT2D eigenvalue weighted by molar-refractivity contribution is 6.33. The Morgan fingerprint density at radius 2 is 2.26 bits per heavy atom. The zero-order valence-corrected chi connectivity index (χ0v) is 11.6. The summed E-state index contributed by atoms with van der Waals surface area (Å²) in [6, 6.07) is 1.63. The van der Waals surface area contributed by atoms with Gasteiger partial charge >= 0.3 is 0 Å². The van der Waals surface area contributed by atoms with Crippen LogP contribution in [0.2, 0.25) is 5.02 Å². The molecule has 19 heavy (non-hydrogen) atoms. The van der Waals surface area contributed by atoms with Crippen molar-refractivity contribution in [1.29, 1.82) is 0 Å². The molecule has 1 aliphatic rings. The van der Waals surface area contributed by atoms with Crippen LogP contribution in [-0.2, 0) is 0 Å². The average Bonchev–Trinajstić information content (AvgIpc) is 2.45. The molecule has 0 atom stereocenters. The number of pyridine rings is 1. The fourth-order valence-electron chi connectivity index (χ4n) is 2.09. The Balaban J connectivity index is 1.68. The molecule has 6 heteroatoms. The second-order valence-electron chi connectivity index (χ2n) is 4.56. The van der Waals surface area contributed by atoms with Gasteiger partial charge in [0, 0.05) is 45.1 Å². The maximum atomic E-state index is 11.9. The van der Waals surface area contributed by atoms with E-state index in [9.17, 15) is 4.79 Å². The average molecular weight is 283 g/mol. The van der Waals surface area contributed by atoms with Crippen molar-refractivity contribution in [3.8, 4) is 0 Å². The number of nitrogens with one attached hydrogen (secondary N) is 2. The topological polar surface area (TPSA) is 57.3 Å². The van der Waals surface area contributed by atoms with E-state index in [1.165, 1.54) is 6.20 Å². The number of carbonyl (C=O) groups excluding carboxylic acids is 1. The van der Waals surface area contributed by atoms with Gasteiger partial charge in [0.25, 0.3) is 5.91 Å². The van der Waals surface area contributed by atoms with E-state index in [1.54, 1.807) is 12.3 Å². The van der Waals surface area contributed by atoms with Gasteiger partial charge in [-0.1, -0.05) is 11.6 Å². The number of rotatable bonds is 5. The fraction of sp³-hybridized carbons (Fsp3) is 0.538. The van der Waals surface area contributed by atoms with Crippen molar-refractivity contribution in [1.82, 2.24) is 20.5 Å². The SMILES string of the molecule is O=C(NCCCN1CCNCC1)c1ccncc1Cl. The van der Waals surface area contributed by atoms with Crippen LogP contribution in [0, 0.1) is 0 Å². The molecule has 5 nitrogen and oxygen atoms in total. The molecule has 104 valence electrons. The van der Waals surface area contributed by atoms with E-state index >= 15 is 0 Å². The summed E-state index contributed by atoms with van der Waals surface area (Å²) in [5, 5.41) is 6.60. The molecule has 2 N–H and O–H groups in total. The second-order valence-corrected chi connectivity index (χ2v) is 4.96.